The molecule has 148 valence electrons. The van der Waals surface area contributed by atoms with Gasteiger partial charge in [-0.2, -0.15) is 0 Å². The average molecular weight is 407 g/mol. The first-order valence-corrected chi connectivity index (χ1v) is 10.3. The van der Waals surface area contributed by atoms with E-state index < -0.39 is 0 Å². The lowest BCUT2D eigenvalue weighted by Crippen LogP contribution is -2.35. The molecule has 2 aromatic heterocycles. The van der Waals surface area contributed by atoms with Crippen LogP contribution in [0.25, 0.3) is 11.4 Å². The van der Waals surface area contributed by atoms with E-state index >= 15 is 0 Å². The van der Waals surface area contributed by atoms with E-state index in [0.717, 1.165) is 34.7 Å². The Bertz CT molecular complexity index is 1010. The third kappa shape index (κ3) is 4.71. The number of amides is 1. The second-order valence-electron chi connectivity index (χ2n) is 6.84. The van der Waals surface area contributed by atoms with Crippen LogP contribution in [0.5, 0.6) is 5.75 Å². The number of aromatic nitrogens is 4. The van der Waals surface area contributed by atoms with Crippen LogP contribution in [0, 0.1) is 13.8 Å². The van der Waals surface area contributed by atoms with E-state index in [9.17, 15) is 4.79 Å². The van der Waals surface area contributed by atoms with Crippen LogP contribution in [0.2, 0.25) is 0 Å². The van der Waals surface area contributed by atoms with E-state index in [1.807, 2.05) is 38.1 Å². The Kier molecular flexibility index (Phi) is 5.71. The number of rotatable bonds is 6. The molecule has 0 saturated carbocycles. The van der Waals surface area contributed by atoms with Gasteiger partial charge in [0.05, 0.1) is 17.9 Å². The molecule has 1 atom stereocenters. The van der Waals surface area contributed by atoms with Gasteiger partial charge in [0, 0.05) is 30.2 Å². The molecule has 8 heteroatoms. The maximum Gasteiger partial charge on any atom is 0.230 e. The van der Waals surface area contributed by atoms with Crippen LogP contribution in [-0.2, 0) is 11.2 Å². The van der Waals surface area contributed by atoms with Gasteiger partial charge in [-0.25, -0.2) is 19.9 Å². The SMILES string of the molecule is Cc1cc(C)nc(-c2cccc3c2OC(CNC(=O)CSc2ncccn2)C3)n1. The molecular formula is C21H21N5O2S. The first kappa shape index (κ1) is 19.3. The number of nitrogens with one attached hydrogen (secondary N) is 1. The summed E-state index contributed by atoms with van der Waals surface area (Å²) in [4.78, 5) is 29.5. The Morgan fingerprint density at radius 2 is 1.93 bits per heavy atom. The van der Waals surface area contributed by atoms with Crippen molar-refractivity contribution in [2.24, 2.45) is 0 Å². The van der Waals surface area contributed by atoms with E-state index in [0.29, 0.717) is 17.5 Å². The largest absolute Gasteiger partial charge is 0.487 e. The Hall–Kier alpha value is -3.00. The highest BCUT2D eigenvalue weighted by molar-refractivity contribution is 7.99. The van der Waals surface area contributed by atoms with Gasteiger partial charge in [0.2, 0.25) is 5.91 Å². The summed E-state index contributed by atoms with van der Waals surface area (Å²) in [6.45, 7) is 4.36. The molecule has 1 aliphatic heterocycles. The summed E-state index contributed by atoms with van der Waals surface area (Å²) in [6.07, 6.45) is 3.95. The summed E-state index contributed by atoms with van der Waals surface area (Å²) >= 11 is 1.31. The number of nitrogens with zero attached hydrogens (tertiary/aromatic N) is 4. The van der Waals surface area contributed by atoms with E-state index in [-0.39, 0.29) is 17.8 Å². The Balaban J connectivity index is 1.37. The summed E-state index contributed by atoms with van der Waals surface area (Å²) in [5.74, 6) is 1.68. The van der Waals surface area contributed by atoms with Gasteiger partial charge in [0.1, 0.15) is 11.9 Å². The maximum absolute atomic E-state index is 12.1. The smallest absolute Gasteiger partial charge is 0.230 e. The van der Waals surface area contributed by atoms with Crippen LogP contribution >= 0.6 is 11.8 Å². The number of benzene rings is 1. The molecule has 0 fully saturated rings. The monoisotopic (exact) mass is 407 g/mol. The van der Waals surface area contributed by atoms with Crippen molar-refractivity contribution >= 4 is 17.7 Å². The number of para-hydroxylation sites is 1. The summed E-state index contributed by atoms with van der Waals surface area (Å²) in [7, 11) is 0. The molecule has 1 unspecified atom stereocenters. The number of fused-ring (bicyclic) bond motifs is 1. The molecule has 0 aliphatic carbocycles. The van der Waals surface area contributed by atoms with Crippen LogP contribution < -0.4 is 10.1 Å². The number of aryl methyl sites for hydroxylation is 2. The highest BCUT2D eigenvalue weighted by Crippen LogP contribution is 2.37. The zero-order valence-electron chi connectivity index (χ0n) is 16.3. The Morgan fingerprint density at radius 3 is 2.69 bits per heavy atom. The molecule has 0 saturated heterocycles. The van der Waals surface area contributed by atoms with Crippen molar-refractivity contribution in [3.8, 4) is 17.1 Å². The minimum atomic E-state index is -0.112. The summed E-state index contributed by atoms with van der Waals surface area (Å²) in [5, 5.41) is 3.52. The lowest BCUT2D eigenvalue weighted by atomic mass is 10.1. The number of thioether (sulfide) groups is 1. The molecule has 0 bridgehead atoms. The van der Waals surface area contributed by atoms with Crippen molar-refractivity contribution in [3.05, 3.63) is 59.7 Å². The maximum atomic E-state index is 12.1. The van der Waals surface area contributed by atoms with Crippen LogP contribution in [0.4, 0.5) is 0 Å². The Labute approximate surface area is 173 Å². The van der Waals surface area contributed by atoms with Gasteiger partial charge in [-0.15, -0.1) is 0 Å². The lowest BCUT2D eigenvalue weighted by Gasteiger charge is -2.13. The first-order chi connectivity index (χ1) is 14.1. The van der Waals surface area contributed by atoms with Crippen LogP contribution in [0.15, 0.2) is 47.9 Å². The van der Waals surface area contributed by atoms with Crippen molar-refractivity contribution in [1.82, 2.24) is 25.3 Å². The zero-order valence-corrected chi connectivity index (χ0v) is 17.1. The van der Waals surface area contributed by atoms with Crippen LogP contribution in [0.1, 0.15) is 17.0 Å². The topological polar surface area (TPSA) is 89.9 Å². The fraction of sp³-hybridized carbons (Fsp3) is 0.286. The van der Waals surface area contributed by atoms with Crippen molar-refractivity contribution < 1.29 is 9.53 Å². The molecule has 7 nitrogen and oxygen atoms in total. The van der Waals surface area contributed by atoms with Crippen LogP contribution in [-0.4, -0.2) is 44.2 Å². The second-order valence-corrected chi connectivity index (χ2v) is 7.78. The number of hydrogen-bond acceptors (Lipinski definition) is 7. The predicted molar refractivity (Wildman–Crippen MR) is 111 cm³/mol. The highest BCUT2D eigenvalue weighted by atomic mass is 32.2. The molecule has 29 heavy (non-hydrogen) atoms. The molecule has 3 heterocycles. The summed E-state index contributed by atoms with van der Waals surface area (Å²) in [5.41, 5.74) is 3.84. The van der Waals surface area contributed by atoms with Gasteiger partial charge in [0.25, 0.3) is 0 Å². The second kappa shape index (κ2) is 8.57. The van der Waals surface area contributed by atoms with Crippen molar-refractivity contribution in [1.29, 1.82) is 0 Å². The highest BCUT2D eigenvalue weighted by Gasteiger charge is 2.27. The first-order valence-electron chi connectivity index (χ1n) is 9.36. The molecule has 0 radical (unpaired) electrons. The Morgan fingerprint density at radius 1 is 1.17 bits per heavy atom. The van der Waals surface area contributed by atoms with E-state index in [1.165, 1.54) is 11.8 Å². The minimum absolute atomic E-state index is 0.0696. The predicted octanol–water partition coefficient (Wildman–Crippen LogP) is 2.76. The third-order valence-corrected chi connectivity index (χ3v) is 5.33. The number of carbonyl (C=O) groups is 1. The molecule has 3 aromatic rings. The van der Waals surface area contributed by atoms with Gasteiger partial charge >= 0.3 is 0 Å². The van der Waals surface area contributed by atoms with E-state index in [2.05, 4.69) is 25.3 Å². The molecule has 0 spiro atoms. The standard InChI is InChI=1S/C21H21N5O2S/c1-13-9-14(2)26-20(25-13)17-6-3-5-15-10-16(28-19(15)17)11-24-18(27)12-29-21-22-7-4-8-23-21/h3-9,16H,10-12H2,1-2H3,(H,24,27). The quantitative estimate of drug-likeness (QED) is 0.496. The third-order valence-electron chi connectivity index (χ3n) is 4.45. The van der Waals surface area contributed by atoms with Gasteiger partial charge in [0.15, 0.2) is 11.0 Å². The number of ether oxygens (including phenoxy) is 1. The molecular weight excluding hydrogens is 386 g/mol. The molecule has 1 amide bonds. The van der Waals surface area contributed by atoms with E-state index in [1.54, 1.807) is 18.5 Å². The van der Waals surface area contributed by atoms with Gasteiger partial charge in [-0.1, -0.05) is 23.9 Å². The lowest BCUT2D eigenvalue weighted by molar-refractivity contribution is -0.118. The molecule has 1 aromatic carbocycles. The van der Waals surface area contributed by atoms with Crippen molar-refractivity contribution in [2.75, 3.05) is 12.3 Å². The molecule has 1 N–H and O–H groups in total. The normalized spacial score (nSPS) is 14.9. The van der Waals surface area contributed by atoms with Crippen molar-refractivity contribution in [2.45, 2.75) is 31.5 Å². The molecule has 4 rings (SSSR count). The summed E-state index contributed by atoms with van der Waals surface area (Å²) in [6, 6.07) is 9.72. The van der Waals surface area contributed by atoms with Gasteiger partial charge < -0.3 is 10.1 Å². The average Bonchev–Trinajstić information content (AvgIpc) is 3.14. The van der Waals surface area contributed by atoms with Crippen molar-refractivity contribution in [3.63, 3.8) is 0 Å². The fourth-order valence-electron chi connectivity index (χ4n) is 3.24. The fourth-order valence-corrected chi connectivity index (χ4v) is 3.88. The number of hydrogen-bond donors (Lipinski definition) is 1. The zero-order chi connectivity index (χ0) is 20.2. The van der Waals surface area contributed by atoms with Gasteiger partial charge in [-0.05, 0) is 37.6 Å². The summed E-state index contributed by atoms with van der Waals surface area (Å²) < 4.78 is 6.16. The van der Waals surface area contributed by atoms with Gasteiger partial charge in [-0.3, -0.25) is 4.79 Å². The molecule has 1 aliphatic rings. The van der Waals surface area contributed by atoms with E-state index in [4.69, 9.17) is 4.74 Å². The minimum Gasteiger partial charge on any atom is -0.487 e. The number of carbonyl (C=O) groups excluding carboxylic acids is 1. The van der Waals surface area contributed by atoms with Crippen LogP contribution in [0.3, 0.4) is 0 Å².